The number of urea groups is 1. The van der Waals surface area contributed by atoms with Crippen molar-refractivity contribution >= 4 is 17.6 Å². The molecule has 6 heteroatoms. The minimum absolute atomic E-state index is 0.0109. The van der Waals surface area contributed by atoms with Gasteiger partial charge in [0.15, 0.2) is 0 Å². The van der Waals surface area contributed by atoms with E-state index < -0.39 is 0 Å². The lowest BCUT2D eigenvalue weighted by atomic mass is 10.1. The highest BCUT2D eigenvalue weighted by molar-refractivity contribution is 5.94. The zero-order valence-corrected chi connectivity index (χ0v) is 10.5. The number of anilines is 2. The molecule has 0 atom stereocenters. The average Bonchev–Trinajstić information content (AvgIpc) is 2.98. The van der Waals surface area contributed by atoms with Crippen LogP contribution in [0.4, 0.5) is 16.4 Å². The molecule has 1 aromatic heterocycles. The van der Waals surface area contributed by atoms with Crippen LogP contribution in [-0.4, -0.2) is 36.2 Å². The maximum atomic E-state index is 12.0. The molecule has 2 N–H and O–H groups in total. The van der Waals surface area contributed by atoms with Crippen molar-refractivity contribution in [1.82, 2.24) is 10.1 Å². The Labute approximate surface area is 110 Å². The van der Waals surface area contributed by atoms with Crippen molar-refractivity contribution in [2.24, 2.45) is 0 Å². The van der Waals surface area contributed by atoms with Crippen LogP contribution in [0, 0.1) is 0 Å². The number of aromatic nitrogens is 1. The highest BCUT2D eigenvalue weighted by atomic mass is 16.5. The molecule has 0 bridgehead atoms. The summed E-state index contributed by atoms with van der Waals surface area (Å²) >= 11 is 0. The van der Waals surface area contributed by atoms with E-state index in [9.17, 15) is 4.79 Å². The van der Waals surface area contributed by atoms with E-state index in [2.05, 4.69) is 5.16 Å². The first-order chi connectivity index (χ1) is 9.15. The Morgan fingerprint density at radius 3 is 2.79 bits per heavy atom. The van der Waals surface area contributed by atoms with Crippen LogP contribution in [0.15, 0.2) is 34.9 Å². The van der Waals surface area contributed by atoms with Crippen molar-refractivity contribution < 1.29 is 9.32 Å². The predicted molar refractivity (Wildman–Crippen MR) is 71.7 cm³/mol. The third kappa shape index (κ3) is 2.01. The molecule has 0 radical (unpaired) electrons. The second-order valence-electron chi connectivity index (χ2n) is 4.52. The minimum Gasteiger partial charge on any atom is -0.368 e. The van der Waals surface area contributed by atoms with Gasteiger partial charge in [0.25, 0.3) is 0 Å². The zero-order valence-electron chi connectivity index (χ0n) is 10.5. The first kappa shape index (κ1) is 11.6. The maximum Gasteiger partial charge on any atom is 0.324 e. The Morgan fingerprint density at radius 2 is 2.16 bits per heavy atom. The molecule has 98 valence electrons. The Kier molecular flexibility index (Phi) is 2.63. The minimum atomic E-state index is 0.0109. The van der Waals surface area contributed by atoms with Crippen molar-refractivity contribution in [3.63, 3.8) is 0 Å². The molecular formula is C13H14N4O2. The molecule has 2 amide bonds. The summed E-state index contributed by atoms with van der Waals surface area (Å²) in [5.74, 6) is 0.275. The summed E-state index contributed by atoms with van der Waals surface area (Å²) in [6.45, 7) is 1.43. The van der Waals surface area contributed by atoms with Gasteiger partial charge in [-0.2, -0.15) is 0 Å². The summed E-state index contributed by atoms with van der Waals surface area (Å²) < 4.78 is 4.86. The van der Waals surface area contributed by atoms with Gasteiger partial charge >= 0.3 is 6.03 Å². The van der Waals surface area contributed by atoms with Gasteiger partial charge in [-0.15, -0.1) is 0 Å². The van der Waals surface area contributed by atoms with Gasteiger partial charge in [-0.3, -0.25) is 4.90 Å². The molecule has 1 aliphatic heterocycles. The molecule has 19 heavy (non-hydrogen) atoms. The standard InChI is InChI=1S/C13H14N4O2/c1-16-5-6-17(13(16)18)10-4-2-3-9(7-10)11-8-12(14)19-15-11/h2-4,7-8H,5-6,14H2,1H3. The molecule has 1 aliphatic rings. The summed E-state index contributed by atoms with van der Waals surface area (Å²) in [5.41, 5.74) is 7.91. The van der Waals surface area contributed by atoms with E-state index in [0.29, 0.717) is 12.2 Å². The van der Waals surface area contributed by atoms with Crippen LogP contribution in [0.1, 0.15) is 0 Å². The third-order valence-electron chi connectivity index (χ3n) is 3.20. The SMILES string of the molecule is CN1CCN(c2cccc(-c3cc(N)on3)c2)C1=O. The first-order valence-corrected chi connectivity index (χ1v) is 6.00. The van der Waals surface area contributed by atoms with Gasteiger partial charge in [-0.05, 0) is 12.1 Å². The van der Waals surface area contributed by atoms with Gasteiger partial charge in [0.05, 0.1) is 0 Å². The van der Waals surface area contributed by atoms with Crippen molar-refractivity contribution in [3.8, 4) is 11.3 Å². The number of nitrogen functional groups attached to an aromatic ring is 1. The molecule has 0 spiro atoms. The van der Waals surface area contributed by atoms with Crippen LogP contribution in [0.3, 0.4) is 0 Å². The normalized spacial score (nSPS) is 15.3. The fourth-order valence-electron chi connectivity index (χ4n) is 2.15. The molecule has 2 aromatic rings. The van der Waals surface area contributed by atoms with Gasteiger partial charge in [0, 0.05) is 37.5 Å². The molecule has 1 fully saturated rings. The van der Waals surface area contributed by atoms with Crippen LogP contribution in [0.5, 0.6) is 0 Å². The monoisotopic (exact) mass is 258 g/mol. The Hall–Kier alpha value is -2.50. The summed E-state index contributed by atoms with van der Waals surface area (Å²) in [6, 6.07) is 9.29. The van der Waals surface area contributed by atoms with Crippen molar-refractivity contribution in [3.05, 3.63) is 30.3 Å². The van der Waals surface area contributed by atoms with Crippen molar-refractivity contribution in [2.75, 3.05) is 30.8 Å². The van der Waals surface area contributed by atoms with E-state index in [1.54, 1.807) is 22.9 Å². The molecule has 2 heterocycles. The van der Waals surface area contributed by atoms with Crippen LogP contribution in [0.25, 0.3) is 11.3 Å². The maximum absolute atomic E-state index is 12.0. The second kappa shape index (κ2) is 4.31. The number of carbonyl (C=O) groups excluding carboxylic acids is 1. The van der Waals surface area contributed by atoms with Crippen LogP contribution < -0.4 is 10.6 Å². The van der Waals surface area contributed by atoms with Gasteiger partial charge in [-0.1, -0.05) is 17.3 Å². The van der Waals surface area contributed by atoms with Gasteiger partial charge < -0.3 is 15.2 Å². The molecule has 6 nitrogen and oxygen atoms in total. The summed E-state index contributed by atoms with van der Waals surface area (Å²) in [7, 11) is 1.80. The first-order valence-electron chi connectivity index (χ1n) is 6.00. The number of amides is 2. The molecule has 0 aliphatic carbocycles. The summed E-state index contributed by atoms with van der Waals surface area (Å²) in [4.78, 5) is 15.4. The van der Waals surface area contributed by atoms with Crippen LogP contribution in [0.2, 0.25) is 0 Å². The quantitative estimate of drug-likeness (QED) is 0.891. The van der Waals surface area contributed by atoms with E-state index >= 15 is 0 Å². The van der Waals surface area contributed by atoms with E-state index in [1.807, 2.05) is 24.3 Å². The van der Waals surface area contributed by atoms with Crippen molar-refractivity contribution in [1.29, 1.82) is 0 Å². The zero-order chi connectivity index (χ0) is 13.4. The van der Waals surface area contributed by atoms with Gasteiger partial charge in [0.1, 0.15) is 5.69 Å². The lowest BCUT2D eigenvalue weighted by Crippen LogP contribution is -2.29. The molecule has 3 rings (SSSR count). The number of nitrogens with two attached hydrogens (primary N) is 1. The number of carbonyl (C=O) groups is 1. The number of hydrogen-bond acceptors (Lipinski definition) is 4. The van der Waals surface area contributed by atoms with E-state index in [1.165, 1.54) is 0 Å². The smallest absolute Gasteiger partial charge is 0.324 e. The number of hydrogen-bond donors (Lipinski definition) is 1. The number of likely N-dealkylation sites (N-methyl/N-ethyl adjacent to an activating group) is 1. The highest BCUT2D eigenvalue weighted by Gasteiger charge is 2.26. The van der Waals surface area contributed by atoms with E-state index in [0.717, 1.165) is 17.8 Å². The number of nitrogens with zero attached hydrogens (tertiary/aromatic N) is 3. The number of rotatable bonds is 2. The Morgan fingerprint density at radius 1 is 1.32 bits per heavy atom. The molecular weight excluding hydrogens is 244 g/mol. The van der Waals surface area contributed by atoms with Gasteiger partial charge in [-0.25, -0.2) is 4.79 Å². The Balaban J connectivity index is 1.94. The van der Waals surface area contributed by atoms with Gasteiger partial charge in [0.2, 0.25) is 5.88 Å². The van der Waals surface area contributed by atoms with E-state index in [-0.39, 0.29) is 11.9 Å². The molecule has 1 aromatic carbocycles. The van der Waals surface area contributed by atoms with Crippen molar-refractivity contribution in [2.45, 2.75) is 0 Å². The lowest BCUT2D eigenvalue weighted by molar-refractivity contribution is 0.229. The number of benzene rings is 1. The fourth-order valence-corrected chi connectivity index (χ4v) is 2.15. The largest absolute Gasteiger partial charge is 0.368 e. The second-order valence-corrected chi connectivity index (χ2v) is 4.52. The third-order valence-corrected chi connectivity index (χ3v) is 3.20. The van der Waals surface area contributed by atoms with Crippen LogP contribution in [-0.2, 0) is 0 Å². The summed E-state index contributed by atoms with van der Waals surface area (Å²) in [5, 5.41) is 3.87. The summed E-state index contributed by atoms with van der Waals surface area (Å²) in [6.07, 6.45) is 0. The lowest BCUT2D eigenvalue weighted by Gasteiger charge is -2.16. The molecule has 0 unspecified atom stereocenters. The fraction of sp³-hybridized carbons (Fsp3) is 0.231. The molecule has 0 saturated carbocycles. The topological polar surface area (TPSA) is 75.6 Å². The van der Waals surface area contributed by atoms with E-state index in [4.69, 9.17) is 10.3 Å². The predicted octanol–water partition coefficient (Wildman–Crippen LogP) is 1.80. The average molecular weight is 258 g/mol. The highest BCUT2D eigenvalue weighted by Crippen LogP contribution is 2.26. The van der Waals surface area contributed by atoms with Crippen LogP contribution >= 0.6 is 0 Å². The molecule has 1 saturated heterocycles. The Bertz CT molecular complexity index is 623.